The number of aliphatic hydroxyl groups excluding tert-OH is 1. The van der Waals surface area contributed by atoms with E-state index < -0.39 is 0 Å². The molecule has 2 heteroatoms. The summed E-state index contributed by atoms with van der Waals surface area (Å²) < 4.78 is 0. The molecule has 1 atom stereocenters. The van der Waals surface area contributed by atoms with E-state index in [0.29, 0.717) is 11.7 Å². The van der Waals surface area contributed by atoms with Gasteiger partial charge in [-0.1, -0.05) is 18.2 Å². The van der Waals surface area contributed by atoms with Crippen molar-refractivity contribution in [3.8, 4) is 5.75 Å². The molecule has 2 nitrogen and oxygen atoms in total. The molecule has 1 aliphatic rings. The molecule has 1 aromatic carbocycles. The molecule has 0 spiro atoms. The lowest BCUT2D eigenvalue weighted by Gasteiger charge is -2.17. The molecule has 1 aliphatic carbocycles. The number of benzene rings is 1. The molecule has 102 valence electrons. The van der Waals surface area contributed by atoms with Crippen LogP contribution in [0.1, 0.15) is 36.0 Å². The minimum absolute atomic E-state index is 0.275. The minimum atomic E-state index is 0.275. The maximum absolute atomic E-state index is 9.81. The molecular formula is C17H22O2. The van der Waals surface area contributed by atoms with E-state index in [-0.39, 0.29) is 6.61 Å². The first-order valence-electron chi connectivity index (χ1n) is 6.91. The van der Waals surface area contributed by atoms with Crippen LogP contribution in [0.15, 0.2) is 30.4 Å². The van der Waals surface area contributed by atoms with Crippen molar-refractivity contribution in [1.82, 2.24) is 0 Å². The lowest BCUT2D eigenvalue weighted by molar-refractivity contribution is 0.277. The Morgan fingerprint density at radius 2 is 1.89 bits per heavy atom. The Morgan fingerprint density at radius 1 is 1.21 bits per heavy atom. The molecule has 0 saturated carbocycles. The largest absolute Gasteiger partial charge is 0.507 e. The fourth-order valence-corrected chi connectivity index (χ4v) is 2.57. The smallest absolute Gasteiger partial charge is 0.121 e. The van der Waals surface area contributed by atoms with Crippen LogP contribution in [0.3, 0.4) is 0 Å². The summed E-state index contributed by atoms with van der Waals surface area (Å²) >= 11 is 0. The number of aryl methyl sites for hydroxylation is 2. The highest BCUT2D eigenvalue weighted by Gasteiger charge is 2.11. The van der Waals surface area contributed by atoms with Gasteiger partial charge in [0.05, 0.1) is 0 Å². The van der Waals surface area contributed by atoms with E-state index in [1.54, 1.807) is 0 Å². The minimum Gasteiger partial charge on any atom is -0.507 e. The van der Waals surface area contributed by atoms with Gasteiger partial charge >= 0.3 is 0 Å². The van der Waals surface area contributed by atoms with Crippen LogP contribution in [0.4, 0.5) is 0 Å². The SMILES string of the molecule is Cc1cc(C2=CCC(CCCO)C=C2)cc(C)c1O. The number of hydrogen-bond donors (Lipinski definition) is 2. The van der Waals surface area contributed by atoms with Gasteiger partial charge in [-0.2, -0.15) is 0 Å². The summed E-state index contributed by atoms with van der Waals surface area (Å²) in [6, 6.07) is 4.07. The quantitative estimate of drug-likeness (QED) is 0.863. The number of aliphatic hydroxyl groups is 1. The first-order valence-corrected chi connectivity index (χ1v) is 6.91. The summed E-state index contributed by atoms with van der Waals surface area (Å²) in [5, 5.41) is 18.7. The van der Waals surface area contributed by atoms with Gasteiger partial charge in [-0.05, 0) is 73.4 Å². The van der Waals surface area contributed by atoms with Crippen LogP contribution in [0.2, 0.25) is 0 Å². The van der Waals surface area contributed by atoms with E-state index in [0.717, 1.165) is 30.4 Å². The monoisotopic (exact) mass is 258 g/mol. The van der Waals surface area contributed by atoms with Gasteiger partial charge < -0.3 is 10.2 Å². The van der Waals surface area contributed by atoms with Crippen LogP contribution >= 0.6 is 0 Å². The second-order valence-electron chi connectivity index (χ2n) is 5.34. The zero-order valence-corrected chi connectivity index (χ0v) is 11.7. The van der Waals surface area contributed by atoms with Crippen molar-refractivity contribution in [3.05, 3.63) is 47.1 Å². The molecule has 0 radical (unpaired) electrons. The van der Waals surface area contributed by atoms with Crippen molar-refractivity contribution in [3.63, 3.8) is 0 Å². The normalized spacial score (nSPS) is 18.5. The Bertz CT molecular complexity index is 489. The molecule has 0 fully saturated rings. The zero-order valence-electron chi connectivity index (χ0n) is 11.7. The van der Waals surface area contributed by atoms with Crippen molar-refractivity contribution < 1.29 is 10.2 Å². The third-order valence-electron chi connectivity index (χ3n) is 3.75. The van der Waals surface area contributed by atoms with Gasteiger partial charge in [0.25, 0.3) is 0 Å². The molecule has 2 rings (SSSR count). The Balaban J connectivity index is 2.13. The molecule has 0 saturated heterocycles. The van der Waals surface area contributed by atoms with E-state index in [1.165, 1.54) is 11.1 Å². The van der Waals surface area contributed by atoms with Crippen molar-refractivity contribution in [1.29, 1.82) is 0 Å². The molecule has 1 unspecified atom stereocenters. The second kappa shape index (κ2) is 6.07. The highest BCUT2D eigenvalue weighted by atomic mass is 16.3. The molecule has 0 aromatic heterocycles. The van der Waals surface area contributed by atoms with Gasteiger partial charge in [0, 0.05) is 6.61 Å². The van der Waals surface area contributed by atoms with Gasteiger partial charge in [0.2, 0.25) is 0 Å². The maximum atomic E-state index is 9.81. The summed E-state index contributed by atoms with van der Waals surface area (Å²) in [5.74, 6) is 0.945. The lowest BCUT2D eigenvalue weighted by atomic mass is 9.89. The first kappa shape index (κ1) is 13.9. The van der Waals surface area contributed by atoms with Crippen LogP contribution in [0.25, 0.3) is 5.57 Å². The van der Waals surface area contributed by atoms with Crippen molar-refractivity contribution in [2.45, 2.75) is 33.1 Å². The highest BCUT2D eigenvalue weighted by molar-refractivity contribution is 5.76. The summed E-state index contributed by atoms with van der Waals surface area (Å²) in [4.78, 5) is 0. The molecule has 0 aliphatic heterocycles. The Morgan fingerprint density at radius 3 is 2.42 bits per heavy atom. The predicted molar refractivity (Wildman–Crippen MR) is 79.1 cm³/mol. The summed E-state index contributed by atoms with van der Waals surface area (Å²) in [5.41, 5.74) is 4.24. The van der Waals surface area contributed by atoms with Crippen LogP contribution in [-0.4, -0.2) is 16.8 Å². The maximum Gasteiger partial charge on any atom is 0.121 e. The van der Waals surface area contributed by atoms with E-state index >= 15 is 0 Å². The highest BCUT2D eigenvalue weighted by Crippen LogP contribution is 2.31. The van der Waals surface area contributed by atoms with Crippen LogP contribution < -0.4 is 0 Å². The molecule has 0 amide bonds. The van der Waals surface area contributed by atoms with E-state index in [4.69, 9.17) is 5.11 Å². The molecule has 0 heterocycles. The number of phenols is 1. The molecule has 0 bridgehead atoms. The van der Waals surface area contributed by atoms with Gasteiger partial charge in [0.15, 0.2) is 0 Å². The fraction of sp³-hybridized carbons (Fsp3) is 0.412. The summed E-state index contributed by atoms with van der Waals surface area (Å²) in [7, 11) is 0. The molecule has 2 N–H and O–H groups in total. The van der Waals surface area contributed by atoms with Crippen LogP contribution in [0, 0.1) is 19.8 Å². The Labute approximate surface area is 115 Å². The lowest BCUT2D eigenvalue weighted by Crippen LogP contribution is -2.01. The van der Waals surface area contributed by atoms with Gasteiger partial charge in [-0.25, -0.2) is 0 Å². The van der Waals surface area contributed by atoms with Gasteiger partial charge in [-0.3, -0.25) is 0 Å². The summed E-state index contributed by atoms with van der Waals surface area (Å²) in [6.07, 6.45) is 9.61. The third-order valence-corrected chi connectivity index (χ3v) is 3.75. The number of hydrogen-bond acceptors (Lipinski definition) is 2. The average molecular weight is 258 g/mol. The zero-order chi connectivity index (χ0) is 13.8. The van der Waals surface area contributed by atoms with Gasteiger partial charge in [-0.15, -0.1) is 0 Å². The molecular weight excluding hydrogens is 236 g/mol. The van der Waals surface area contributed by atoms with E-state index in [2.05, 4.69) is 18.2 Å². The van der Waals surface area contributed by atoms with Gasteiger partial charge in [0.1, 0.15) is 5.75 Å². The average Bonchev–Trinajstić information content (AvgIpc) is 2.42. The number of allylic oxidation sites excluding steroid dienone is 4. The second-order valence-corrected chi connectivity index (χ2v) is 5.34. The molecule has 19 heavy (non-hydrogen) atoms. The predicted octanol–water partition coefficient (Wildman–Crippen LogP) is 3.74. The number of phenolic OH excluding ortho intramolecular Hbond substituents is 1. The Kier molecular flexibility index (Phi) is 4.43. The topological polar surface area (TPSA) is 40.5 Å². The first-order chi connectivity index (χ1) is 9.11. The van der Waals surface area contributed by atoms with Crippen molar-refractivity contribution >= 4 is 5.57 Å². The Hall–Kier alpha value is -1.54. The fourth-order valence-electron chi connectivity index (χ4n) is 2.57. The van der Waals surface area contributed by atoms with E-state index in [9.17, 15) is 5.11 Å². The van der Waals surface area contributed by atoms with Crippen molar-refractivity contribution in [2.24, 2.45) is 5.92 Å². The molecule has 1 aromatic rings. The number of rotatable bonds is 4. The van der Waals surface area contributed by atoms with Crippen molar-refractivity contribution in [2.75, 3.05) is 6.61 Å². The van der Waals surface area contributed by atoms with E-state index in [1.807, 2.05) is 26.0 Å². The standard InChI is InChI=1S/C17H22O2/c1-12-10-16(11-13(2)17(12)19)15-7-5-14(6-8-15)4-3-9-18/h5,7-8,10-11,14,18-19H,3-4,6,9H2,1-2H3. The van der Waals surface area contributed by atoms with Crippen LogP contribution in [0.5, 0.6) is 5.75 Å². The third kappa shape index (κ3) is 3.27. The summed E-state index contributed by atoms with van der Waals surface area (Å²) in [6.45, 7) is 4.14. The van der Waals surface area contributed by atoms with Crippen LogP contribution in [-0.2, 0) is 0 Å². The number of aromatic hydroxyl groups is 1.